The number of carbonyl (C=O) groups is 2. The summed E-state index contributed by atoms with van der Waals surface area (Å²) in [4.78, 5) is 34.2. The van der Waals surface area contributed by atoms with Crippen molar-refractivity contribution in [1.29, 1.82) is 0 Å². The molecular weight excluding hydrogens is 380 g/mol. The Labute approximate surface area is 158 Å². The summed E-state index contributed by atoms with van der Waals surface area (Å²) >= 11 is 5.89. The maximum atomic E-state index is 12.2. The van der Waals surface area contributed by atoms with Gasteiger partial charge in [-0.15, -0.1) is 0 Å². The summed E-state index contributed by atoms with van der Waals surface area (Å²) < 4.78 is 15.2. The number of esters is 1. The maximum Gasteiger partial charge on any atom is 0.342 e. The van der Waals surface area contributed by atoms with Crippen LogP contribution in [0.4, 0.5) is 11.4 Å². The van der Waals surface area contributed by atoms with Crippen LogP contribution in [0.15, 0.2) is 36.4 Å². The number of hydrogen-bond donors (Lipinski definition) is 1. The molecule has 0 saturated carbocycles. The van der Waals surface area contributed by atoms with Crippen LogP contribution in [0.5, 0.6) is 11.5 Å². The van der Waals surface area contributed by atoms with Crippen molar-refractivity contribution >= 4 is 34.9 Å². The number of benzene rings is 2. The van der Waals surface area contributed by atoms with Crippen LogP contribution in [-0.4, -0.2) is 37.6 Å². The van der Waals surface area contributed by atoms with E-state index in [2.05, 4.69) is 5.32 Å². The van der Waals surface area contributed by atoms with Gasteiger partial charge in [-0.3, -0.25) is 14.9 Å². The first-order valence-electron chi connectivity index (χ1n) is 7.49. The molecule has 0 radical (unpaired) electrons. The van der Waals surface area contributed by atoms with Gasteiger partial charge in [-0.2, -0.15) is 0 Å². The molecule has 0 atom stereocenters. The Kier molecular flexibility index (Phi) is 6.56. The van der Waals surface area contributed by atoms with Gasteiger partial charge in [0.2, 0.25) is 0 Å². The predicted octanol–water partition coefficient (Wildman–Crippen LogP) is 3.06. The molecule has 0 saturated heterocycles. The van der Waals surface area contributed by atoms with E-state index in [4.69, 9.17) is 25.8 Å². The zero-order valence-electron chi connectivity index (χ0n) is 14.4. The number of rotatable bonds is 7. The highest BCUT2D eigenvalue weighted by Crippen LogP contribution is 2.31. The summed E-state index contributed by atoms with van der Waals surface area (Å²) in [5.74, 6) is -0.922. The molecule has 142 valence electrons. The number of para-hydroxylation sites is 1. The van der Waals surface area contributed by atoms with Gasteiger partial charge in [0.05, 0.1) is 29.9 Å². The highest BCUT2D eigenvalue weighted by Gasteiger charge is 2.19. The number of nitro groups is 1. The van der Waals surface area contributed by atoms with Crippen LogP contribution in [0.25, 0.3) is 0 Å². The molecule has 10 heteroatoms. The molecule has 1 amide bonds. The number of nitro benzene ring substituents is 1. The number of anilines is 1. The zero-order chi connectivity index (χ0) is 20.0. The Morgan fingerprint density at radius 3 is 2.52 bits per heavy atom. The summed E-state index contributed by atoms with van der Waals surface area (Å²) in [6.45, 7) is -0.591. The van der Waals surface area contributed by atoms with Gasteiger partial charge in [0.1, 0.15) is 5.56 Å². The van der Waals surface area contributed by atoms with Crippen molar-refractivity contribution in [3.05, 3.63) is 57.1 Å². The van der Waals surface area contributed by atoms with Crippen LogP contribution in [0.1, 0.15) is 10.4 Å². The second-order valence-corrected chi connectivity index (χ2v) is 5.49. The molecule has 0 heterocycles. The van der Waals surface area contributed by atoms with E-state index in [1.54, 1.807) is 12.1 Å². The fourth-order valence-corrected chi connectivity index (χ4v) is 2.38. The number of halogens is 1. The van der Waals surface area contributed by atoms with Crippen molar-refractivity contribution in [1.82, 2.24) is 0 Å². The smallest absolute Gasteiger partial charge is 0.342 e. The number of hydrogen-bond acceptors (Lipinski definition) is 7. The first-order chi connectivity index (χ1) is 12.9. The summed E-state index contributed by atoms with van der Waals surface area (Å²) in [6.07, 6.45) is 0. The van der Waals surface area contributed by atoms with Gasteiger partial charge in [-0.05, 0) is 18.2 Å². The summed E-state index contributed by atoms with van der Waals surface area (Å²) in [6, 6.07) is 8.23. The van der Waals surface area contributed by atoms with Gasteiger partial charge in [-0.25, -0.2) is 4.79 Å². The van der Waals surface area contributed by atoms with Crippen molar-refractivity contribution in [2.75, 3.05) is 26.1 Å². The standard InChI is InChI=1S/C17H15ClN2O7/c1-25-14-5-3-4-11(16(14)26-2)17(22)27-9-15(21)19-13-7-6-10(20(23)24)8-12(13)18/h3-8H,9H2,1-2H3,(H,19,21). The lowest BCUT2D eigenvalue weighted by molar-refractivity contribution is -0.384. The predicted molar refractivity (Wildman–Crippen MR) is 96.6 cm³/mol. The third-order valence-corrected chi connectivity index (χ3v) is 3.71. The highest BCUT2D eigenvalue weighted by molar-refractivity contribution is 6.34. The number of methoxy groups -OCH3 is 2. The lowest BCUT2D eigenvalue weighted by atomic mass is 10.2. The molecule has 27 heavy (non-hydrogen) atoms. The molecule has 1 N–H and O–H groups in total. The van der Waals surface area contributed by atoms with Crippen molar-refractivity contribution < 1.29 is 28.7 Å². The molecule has 0 unspecified atom stereocenters. The Balaban J connectivity index is 2.02. The molecule has 2 rings (SSSR count). The average molecular weight is 395 g/mol. The van der Waals surface area contributed by atoms with E-state index in [9.17, 15) is 19.7 Å². The third kappa shape index (κ3) is 4.85. The van der Waals surface area contributed by atoms with Crippen molar-refractivity contribution in [2.24, 2.45) is 0 Å². The second kappa shape index (κ2) is 8.86. The lowest BCUT2D eigenvalue weighted by Gasteiger charge is -2.12. The van der Waals surface area contributed by atoms with Crippen LogP contribution >= 0.6 is 11.6 Å². The first-order valence-corrected chi connectivity index (χ1v) is 7.87. The molecule has 0 aromatic heterocycles. The molecule has 0 spiro atoms. The largest absolute Gasteiger partial charge is 0.493 e. The number of non-ortho nitro benzene ring substituents is 1. The van der Waals surface area contributed by atoms with E-state index in [1.165, 1.54) is 32.4 Å². The van der Waals surface area contributed by atoms with Crippen LogP contribution in [0.2, 0.25) is 5.02 Å². The summed E-state index contributed by atoms with van der Waals surface area (Å²) in [7, 11) is 2.80. The van der Waals surface area contributed by atoms with Gasteiger partial charge >= 0.3 is 5.97 Å². The van der Waals surface area contributed by atoms with Gasteiger partial charge in [0.15, 0.2) is 18.1 Å². The van der Waals surface area contributed by atoms with Crippen molar-refractivity contribution in [2.45, 2.75) is 0 Å². The van der Waals surface area contributed by atoms with Crippen LogP contribution < -0.4 is 14.8 Å². The van der Waals surface area contributed by atoms with Gasteiger partial charge in [-0.1, -0.05) is 17.7 Å². The SMILES string of the molecule is COc1cccc(C(=O)OCC(=O)Nc2ccc([N+](=O)[O-])cc2Cl)c1OC. The normalized spacial score (nSPS) is 10.0. The fraction of sp³-hybridized carbons (Fsp3) is 0.176. The number of nitrogens with one attached hydrogen (secondary N) is 1. The van der Waals surface area contributed by atoms with E-state index < -0.39 is 23.4 Å². The van der Waals surface area contributed by atoms with E-state index >= 15 is 0 Å². The van der Waals surface area contributed by atoms with Gasteiger partial charge in [0.25, 0.3) is 11.6 Å². The molecule has 2 aromatic rings. The minimum absolute atomic E-state index is 0.0154. The molecule has 0 fully saturated rings. The Morgan fingerprint density at radius 1 is 1.19 bits per heavy atom. The zero-order valence-corrected chi connectivity index (χ0v) is 15.1. The summed E-state index contributed by atoms with van der Waals surface area (Å²) in [5.41, 5.74) is 0.0369. The van der Waals surface area contributed by atoms with Crippen molar-refractivity contribution in [3.63, 3.8) is 0 Å². The van der Waals surface area contributed by atoms with E-state index in [0.717, 1.165) is 6.07 Å². The molecule has 0 aliphatic rings. The number of amides is 1. The minimum atomic E-state index is -0.782. The molecule has 0 aliphatic carbocycles. The van der Waals surface area contributed by atoms with Crippen molar-refractivity contribution in [3.8, 4) is 11.5 Å². The van der Waals surface area contributed by atoms with Gasteiger partial charge in [0, 0.05) is 12.1 Å². The lowest BCUT2D eigenvalue weighted by Crippen LogP contribution is -2.21. The molecular formula is C17H15ClN2O7. The minimum Gasteiger partial charge on any atom is -0.493 e. The molecule has 0 bridgehead atoms. The Morgan fingerprint density at radius 2 is 1.93 bits per heavy atom. The Bertz CT molecular complexity index is 886. The number of carbonyl (C=O) groups excluding carboxylic acids is 2. The third-order valence-electron chi connectivity index (χ3n) is 3.39. The maximum absolute atomic E-state index is 12.2. The molecule has 9 nitrogen and oxygen atoms in total. The highest BCUT2D eigenvalue weighted by atomic mass is 35.5. The Hall–Kier alpha value is -3.33. The molecule has 0 aliphatic heterocycles. The van der Waals surface area contributed by atoms with E-state index in [1.807, 2.05) is 0 Å². The van der Waals surface area contributed by atoms with Crippen LogP contribution in [0, 0.1) is 10.1 Å². The topological polar surface area (TPSA) is 117 Å². The van der Waals surface area contributed by atoms with E-state index in [-0.39, 0.29) is 27.7 Å². The quantitative estimate of drug-likeness (QED) is 0.435. The summed E-state index contributed by atoms with van der Waals surface area (Å²) in [5, 5.41) is 13.1. The van der Waals surface area contributed by atoms with Crippen LogP contribution in [-0.2, 0) is 9.53 Å². The number of ether oxygens (including phenoxy) is 3. The average Bonchev–Trinajstić information content (AvgIpc) is 2.66. The van der Waals surface area contributed by atoms with Gasteiger partial charge < -0.3 is 19.5 Å². The second-order valence-electron chi connectivity index (χ2n) is 5.09. The fourth-order valence-electron chi connectivity index (χ4n) is 2.16. The monoisotopic (exact) mass is 394 g/mol. The number of nitrogens with zero attached hydrogens (tertiary/aromatic N) is 1. The van der Waals surface area contributed by atoms with E-state index in [0.29, 0.717) is 5.75 Å². The molecule has 2 aromatic carbocycles. The van der Waals surface area contributed by atoms with Crippen LogP contribution in [0.3, 0.4) is 0 Å². The first kappa shape index (κ1) is 20.0.